The van der Waals surface area contributed by atoms with E-state index in [1.165, 1.54) is 21.4 Å². The van der Waals surface area contributed by atoms with Crippen LogP contribution in [0, 0.1) is 12.8 Å². The first-order valence-corrected chi connectivity index (χ1v) is 9.29. The highest BCUT2D eigenvalue weighted by atomic mass is 35.5. The molecule has 0 bridgehead atoms. The number of benzene rings is 1. The molecule has 0 radical (unpaired) electrons. The lowest BCUT2D eigenvalue weighted by Gasteiger charge is -2.05. The Kier molecular flexibility index (Phi) is 3.86. The zero-order valence-corrected chi connectivity index (χ0v) is 15.5. The number of fused-ring (bicyclic) bond motifs is 2. The Labute approximate surface area is 150 Å². The Hall–Kier alpha value is -1.84. The topological polar surface area (TPSA) is 26.0 Å². The van der Waals surface area contributed by atoms with Gasteiger partial charge in [-0.05, 0) is 49.1 Å². The highest BCUT2D eigenvalue weighted by molar-refractivity contribution is 7.22. The van der Waals surface area contributed by atoms with Crippen LogP contribution in [-0.2, 0) is 6.42 Å². The summed E-state index contributed by atoms with van der Waals surface area (Å²) in [4.78, 5) is 5.36. The van der Waals surface area contributed by atoms with Gasteiger partial charge in [0.05, 0.1) is 0 Å². The Bertz CT molecular complexity index is 1040. The van der Waals surface area contributed by atoms with Crippen LogP contribution < -0.4 is 0 Å². The molecule has 0 atom stereocenters. The molecule has 4 rings (SSSR count). The second kappa shape index (κ2) is 5.91. The first-order chi connectivity index (χ1) is 11.5. The number of hydrogen-bond donors (Lipinski definition) is 0. The van der Waals surface area contributed by atoms with E-state index >= 15 is 0 Å². The maximum Gasteiger partial charge on any atom is 0.137 e. The molecule has 0 spiro atoms. The molecule has 3 aromatic heterocycles. The summed E-state index contributed by atoms with van der Waals surface area (Å²) in [5, 5.41) is 2.74. The Morgan fingerprint density at radius 1 is 1.17 bits per heavy atom. The summed E-state index contributed by atoms with van der Waals surface area (Å²) >= 11 is 7.98. The molecule has 0 saturated heterocycles. The molecule has 24 heavy (non-hydrogen) atoms. The summed E-state index contributed by atoms with van der Waals surface area (Å²) in [5.74, 6) is 1.58. The third kappa shape index (κ3) is 2.62. The van der Waals surface area contributed by atoms with Crippen molar-refractivity contribution in [2.75, 3.05) is 0 Å². The highest BCUT2D eigenvalue weighted by Gasteiger charge is 2.17. The predicted octanol–water partition coefficient (Wildman–Crippen LogP) is 6.87. The molecule has 0 amide bonds. The van der Waals surface area contributed by atoms with Gasteiger partial charge in [-0.3, -0.25) is 0 Å². The summed E-state index contributed by atoms with van der Waals surface area (Å²) in [7, 11) is 0. The zero-order valence-electron chi connectivity index (χ0n) is 13.9. The number of aryl methyl sites for hydroxylation is 1. The third-order valence-corrected chi connectivity index (χ3v) is 5.63. The predicted molar refractivity (Wildman–Crippen MR) is 103 cm³/mol. The molecule has 122 valence electrons. The van der Waals surface area contributed by atoms with Crippen LogP contribution in [0.4, 0.5) is 0 Å². The van der Waals surface area contributed by atoms with Crippen molar-refractivity contribution < 1.29 is 4.42 Å². The summed E-state index contributed by atoms with van der Waals surface area (Å²) in [6.07, 6.45) is 2.83. The minimum absolute atomic E-state index is 0.556. The van der Waals surface area contributed by atoms with Crippen LogP contribution in [0.25, 0.3) is 31.5 Å². The van der Waals surface area contributed by atoms with Crippen molar-refractivity contribution in [3.63, 3.8) is 0 Å². The fourth-order valence-electron chi connectivity index (χ4n) is 3.23. The van der Waals surface area contributed by atoms with E-state index in [1.54, 1.807) is 17.5 Å². The second-order valence-electron chi connectivity index (χ2n) is 6.59. The summed E-state index contributed by atoms with van der Waals surface area (Å²) in [6.45, 7) is 6.52. The number of furan rings is 1. The van der Waals surface area contributed by atoms with Crippen LogP contribution in [-0.4, -0.2) is 4.98 Å². The van der Waals surface area contributed by atoms with E-state index < -0.39 is 0 Å². The summed E-state index contributed by atoms with van der Waals surface area (Å²) < 4.78 is 7.15. The maximum atomic E-state index is 6.24. The van der Waals surface area contributed by atoms with Gasteiger partial charge in [0.15, 0.2) is 0 Å². The molecule has 0 aliphatic heterocycles. The number of thiophene rings is 1. The van der Waals surface area contributed by atoms with Gasteiger partial charge in [0.25, 0.3) is 0 Å². The lowest BCUT2D eigenvalue weighted by atomic mass is 10.00. The molecule has 1 aromatic carbocycles. The lowest BCUT2D eigenvalue weighted by molar-refractivity contribution is 0.580. The fraction of sp³-hybridized carbons (Fsp3) is 0.250. The van der Waals surface area contributed by atoms with Crippen LogP contribution in [0.15, 0.2) is 40.9 Å². The standard InChI is InChI=1S/C20H18ClNOS/c1-11(2)8-13-4-5-16-14(9-13)19(12(3)23-16)18-10-15-17(24-18)6-7-22-20(15)21/h4-7,9-11H,8H2,1-3H3. The molecule has 2 nitrogen and oxygen atoms in total. The number of halogens is 1. The van der Waals surface area contributed by atoms with E-state index in [0.29, 0.717) is 11.1 Å². The van der Waals surface area contributed by atoms with E-state index in [0.717, 1.165) is 27.9 Å². The van der Waals surface area contributed by atoms with Gasteiger partial charge in [-0.25, -0.2) is 4.98 Å². The summed E-state index contributed by atoms with van der Waals surface area (Å²) in [5.41, 5.74) is 3.46. The third-order valence-electron chi connectivity index (χ3n) is 4.22. The van der Waals surface area contributed by atoms with Gasteiger partial charge in [0.1, 0.15) is 16.5 Å². The molecule has 0 N–H and O–H groups in total. The first kappa shape index (κ1) is 15.7. The number of aromatic nitrogens is 1. The second-order valence-corrected chi connectivity index (χ2v) is 8.03. The minimum atomic E-state index is 0.556. The van der Waals surface area contributed by atoms with Crippen LogP contribution in [0.2, 0.25) is 5.15 Å². The van der Waals surface area contributed by atoms with E-state index in [-0.39, 0.29) is 0 Å². The summed E-state index contributed by atoms with van der Waals surface area (Å²) in [6, 6.07) is 10.7. The molecule has 4 aromatic rings. The average molecular weight is 356 g/mol. The molecular weight excluding hydrogens is 338 g/mol. The van der Waals surface area contributed by atoms with Crippen molar-refractivity contribution in [3.05, 3.63) is 53.0 Å². The Balaban J connectivity index is 1.93. The van der Waals surface area contributed by atoms with Gasteiger partial charge in [0, 0.05) is 32.1 Å². The lowest BCUT2D eigenvalue weighted by Crippen LogP contribution is -1.93. The molecule has 0 aliphatic carbocycles. The normalized spacial score (nSPS) is 11.9. The molecule has 0 fully saturated rings. The molecule has 4 heteroatoms. The number of nitrogens with zero attached hydrogens (tertiary/aromatic N) is 1. The monoisotopic (exact) mass is 355 g/mol. The smallest absolute Gasteiger partial charge is 0.137 e. The van der Waals surface area contributed by atoms with Gasteiger partial charge in [-0.1, -0.05) is 31.5 Å². The van der Waals surface area contributed by atoms with E-state index in [1.807, 2.05) is 13.0 Å². The largest absolute Gasteiger partial charge is 0.461 e. The number of pyridine rings is 1. The van der Waals surface area contributed by atoms with Crippen LogP contribution >= 0.6 is 22.9 Å². The van der Waals surface area contributed by atoms with Crippen LogP contribution in [0.1, 0.15) is 25.2 Å². The van der Waals surface area contributed by atoms with Gasteiger partial charge < -0.3 is 4.42 Å². The van der Waals surface area contributed by atoms with Crippen LogP contribution in [0.3, 0.4) is 0 Å². The van der Waals surface area contributed by atoms with Crippen molar-refractivity contribution >= 4 is 44.0 Å². The van der Waals surface area contributed by atoms with Crippen molar-refractivity contribution in [1.82, 2.24) is 4.98 Å². The quantitative estimate of drug-likeness (QED) is 0.375. The fourth-order valence-corrected chi connectivity index (χ4v) is 4.66. The van der Waals surface area contributed by atoms with E-state index in [4.69, 9.17) is 16.0 Å². The molecule has 0 unspecified atom stereocenters. The molecule has 0 aliphatic rings. The minimum Gasteiger partial charge on any atom is -0.461 e. The van der Waals surface area contributed by atoms with Crippen LogP contribution in [0.5, 0.6) is 0 Å². The first-order valence-electron chi connectivity index (χ1n) is 8.09. The van der Waals surface area contributed by atoms with Gasteiger partial charge >= 0.3 is 0 Å². The highest BCUT2D eigenvalue weighted by Crippen LogP contribution is 2.42. The van der Waals surface area contributed by atoms with Crippen molar-refractivity contribution in [2.45, 2.75) is 27.2 Å². The van der Waals surface area contributed by atoms with Crippen molar-refractivity contribution in [3.8, 4) is 10.4 Å². The van der Waals surface area contributed by atoms with Gasteiger partial charge in [-0.2, -0.15) is 0 Å². The molecule has 0 saturated carbocycles. The van der Waals surface area contributed by atoms with E-state index in [9.17, 15) is 0 Å². The maximum absolute atomic E-state index is 6.24. The van der Waals surface area contributed by atoms with Gasteiger partial charge in [-0.15, -0.1) is 11.3 Å². The number of hydrogen-bond acceptors (Lipinski definition) is 3. The molecular formula is C20H18ClNOS. The van der Waals surface area contributed by atoms with Crippen molar-refractivity contribution in [1.29, 1.82) is 0 Å². The SMILES string of the molecule is Cc1oc2ccc(CC(C)C)cc2c1-c1cc2c(Cl)nccc2s1. The van der Waals surface area contributed by atoms with Gasteiger partial charge in [0.2, 0.25) is 0 Å². The van der Waals surface area contributed by atoms with Crippen molar-refractivity contribution in [2.24, 2.45) is 5.92 Å². The Morgan fingerprint density at radius 2 is 2.00 bits per heavy atom. The Morgan fingerprint density at radius 3 is 2.75 bits per heavy atom. The number of rotatable bonds is 3. The average Bonchev–Trinajstić information content (AvgIpc) is 3.07. The molecule has 3 heterocycles. The zero-order chi connectivity index (χ0) is 16.8. The van der Waals surface area contributed by atoms with E-state index in [2.05, 4.69) is 43.1 Å².